The van der Waals surface area contributed by atoms with E-state index < -0.39 is 0 Å². The summed E-state index contributed by atoms with van der Waals surface area (Å²) < 4.78 is 0. The molecule has 1 aromatic heterocycles. The van der Waals surface area contributed by atoms with E-state index in [0.29, 0.717) is 0 Å². The normalized spacial score (nSPS) is 9.75. The second-order valence-corrected chi connectivity index (χ2v) is 3.00. The maximum Gasteiger partial charge on any atom is 0.0889 e. The van der Waals surface area contributed by atoms with Crippen LogP contribution in [-0.2, 0) is 0 Å². The smallest absolute Gasteiger partial charge is 0.0889 e. The molecule has 0 bridgehead atoms. The summed E-state index contributed by atoms with van der Waals surface area (Å²) in [6.07, 6.45) is 0. The van der Waals surface area contributed by atoms with Crippen LogP contribution < -0.4 is 5.11 Å². The van der Waals surface area contributed by atoms with Gasteiger partial charge >= 0.3 is 0 Å². The van der Waals surface area contributed by atoms with Crippen molar-refractivity contribution in [2.45, 2.75) is 13.8 Å². The second-order valence-electron chi connectivity index (χ2n) is 1.59. The van der Waals surface area contributed by atoms with Crippen LogP contribution in [0.3, 0.4) is 0 Å². The molecule has 0 aliphatic rings. The molecule has 0 saturated carbocycles. The molecule has 0 atom stereocenters. The maximum atomic E-state index is 10.5. The molecule has 0 N–H and O–H groups in total. The van der Waals surface area contributed by atoms with Gasteiger partial charge in [0.2, 0.25) is 0 Å². The fourth-order valence-corrected chi connectivity index (χ4v) is 1.21. The predicted octanol–water partition coefficient (Wildman–Crippen LogP) is 0.834. The van der Waals surface area contributed by atoms with Crippen LogP contribution in [0.25, 0.3) is 0 Å². The lowest BCUT2D eigenvalue weighted by atomic mass is 10.6. The highest BCUT2D eigenvalue weighted by molar-refractivity contribution is 7.11. The fourth-order valence-electron chi connectivity index (χ4n) is 0.510. The topological polar surface area (TPSA) is 36.0 Å². The van der Waals surface area contributed by atoms with E-state index in [2.05, 4.69) is 4.98 Å². The average Bonchev–Trinajstić information content (AvgIpc) is 1.85. The van der Waals surface area contributed by atoms with Crippen molar-refractivity contribution in [3.63, 3.8) is 0 Å². The summed E-state index contributed by atoms with van der Waals surface area (Å²) in [5.74, 6) is -0.0764. The van der Waals surface area contributed by atoms with E-state index in [9.17, 15) is 5.11 Å². The van der Waals surface area contributed by atoms with Crippen LogP contribution in [-0.4, -0.2) is 4.98 Å². The summed E-state index contributed by atoms with van der Waals surface area (Å²) in [7, 11) is 0. The minimum absolute atomic E-state index is 0.0764. The summed E-state index contributed by atoms with van der Waals surface area (Å²) in [5, 5.41) is 11.4. The lowest BCUT2D eigenvalue weighted by Gasteiger charge is -1.95. The number of thiazole rings is 1. The first-order valence-electron chi connectivity index (χ1n) is 2.31. The monoisotopic (exact) mass is 128 g/mol. The van der Waals surface area contributed by atoms with Gasteiger partial charge in [-0.15, -0.1) is 11.3 Å². The first kappa shape index (κ1) is 5.56. The van der Waals surface area contributed by atoms with Gasteiger partial charge in [-0.1, -0.05) is 0 Å². The first-order valence-corrected chi connectivity index (χ1v) is 3.13. The van der Waals surface area contributed by atoms with Crippen LogP contribution in [0, 0.1) is 13.8 Å². The van der Waals surface area contributed by atoms with Crippen molar-refractivity contribution in [2.75, 3.05) is 0 Å². The SMILES string of the molecule is Cc1nc([O-])c(C)s1. The molecule has 0 spiro atoms. The van der Waals surface area contributed by atoms with Crippen LogP contribution in [0.2, 0.25) is 0 Å². The zero-order valence-electron chi connectivity index (χ0n) is 4.76. The molecule has 44 valence electrons. The Bertz CT molecular complexity index is 175. The molecule has 3 heteroatoms. The molecule has 8 heavy (non-hydrogen) atoms. The Balaban J connectivity index is 3.14. The Hall–Kier alpha value is -0.570. The molecule has 0 unspecified atom stereocenters. The van der Waals surface area contributed by atoms with Gasteiger partial charge in [-0.3, -0.25) is 4.98 Å². The summed E-state index contributed by atoms with van der Waals surface area (Å²) in [5.41, 5.74) is 0. The molecule has 1 heterocycles. The maximum absolute atomic E-state index is 10.5. The molecular weight excluding hydrogens is 122 g/mol. The number of aromatic nitrogens is 1. The van der Waals surface area contributed by atoms with Crippen molar-refractivity contribution in [3.05, 3.63) is 9.88 Å². The van der Waals surface area contributed by atoms with Gasteiger partial charge in [-0.2, -0.15) is 0 Å². The number of nitrogens with zero attached hydrogens (tertiary/aromatic N) is 1. The molecule has 0 saturated heterocycles. The third kappa shape index (κ3) is 0.816. The molecule has 1 aromatic rings. The molecule has 1 rings (SSSR count). The number of hydrogen-bond acceptors (Lipinski definition) is 3. The molecule has 0 amide bonds. The number of aryl methyl sites for hydroxylation is 2. The Morgan fingerprint density at radius 3 is 2.25 bits per heavy atom. The highest BCUT2D eigenvalue weighted by Gasteiger charge is 1.91. The average molecular weight is 128 g/mol. The van der Waals surface area contributed by atoms with E-state index in [1.165, 1.54) is 11.3 Å². The predicted molar refractivity (Wildman–Crippen MR) is 31.0 cm³/mol. The third-order valence-electron chi connectivity index (χ3n) is 0.861. The summed E-state index contributed by atoms with van der Waals surface area (Å²) in [6.45, 7) is 3.62. The molecule has 0 radical (unpaired) electrons. The Labute approximate surface area is 51.8 Å². The van der Waals surface area contributed by atoms with Crippen molar-refractivity contribution < 1.29 is 5.11 Å². The van der Waals surface area contributed by atoms with Crippen molar-refractivity contribution in [1.82, 2.24) is 4.98 Å². The Morgan fingerprint density at radius 1 is 1.50 bits per heavy atom. The summed E-state index contributed by atoms with van der Waals surface area (Å²) in [4.78, 5) is 4.45. The van der Waals surface area contributed by atoms with Gasteiger partial charge in [0, 0.05) is 10.8 Å². The fraction of sp³-hybridized carbons (Fsp3) is 0.400. The van der Waals surface area contributed by atoms with Crippen molar-refractivity contribution in [3.8, 4) is 5.88 Å². The van der Waals surface area contributed by atoms with Crippen LogP contribution >= 0.6 is 11.3 Å². The van der Waals surface area contributed by atoms with Crippen LogP contribution in [0.4, 0.5) is 0 Å². The van der Waals surface area contributed by atoms with E-state index in [0.717, 1.165) is 9.88 Å². The number of rotatable bonds is 0. The summed E-state index contributed by atoms with van der Waals surface area (Å²) >= 11 is 1.45. The molecule has 0 aliphatic carbocycles. The van der Waals surface area contributed by atoms with Gasteiger partial charge in [0.05, 0.1) is 5.01 Å². The standard InChI is InChI=1S/C5H7NOS/c1-3-5(7)6-4(2)8-3/h7H,1-2H3/p-1. The van der Waals surface area contributed by atoms with E-state index in [4.69, 9.17) is 0 Å². The Kier molecular flexibility index (Phi) is 1.21. The quantitative estimate of drug-likeness (QED) is 0.519. The van der Waals surface area contributed by atoms with E-state index >= 15 is 0 Å². The van der Waals surface area contributed by atoms with Gasteiger partial charge in [0.15, 0.2) is 0 Å². The second kappa shape index (κ2) is 1.74. The van der Waals surface area contributed by atoms with Gasteiger partial charge in [-0.05, 0) is 13.8 Å². The van der Waals surface area contributed by atoms with Crippen LogP contribution in [0.1, 0.15) is 9.88 Å². The molecule has 0 fully saturated rings. The van der Waals surface area contributed by atoms with Crippen molar-refractivity contribution in [2.24, 2.45) is 0 Å². The van der Waals surface area contributed by atoms with Gasteiger partial charge in [0.1, 0.15) is 0 Å². The minimum atomic E-state index is -0.0764. The molecule has 0 aliphatic heterocycles. The van der Waals surface area contributed by atoms with Gasteiger partial charge in [0.25, 0.3) is 0 Å². The van der Waals surface area contributed by atoms with Gasteiger partial charge < -0.3 is 5.11 Å². The molecule has 2 nitrogen and oxygen atoms in total. The van der Waals surface area contributed by atoms with E-state index in [-0.39, 0.29) is 5.88 Å². The highest BCUT2D eigenvalue weighted by Crippen LogP contribution is 2.18. The largest absolute Gasteiger partial charge is 0.858 e. The van der Waals surface area contributed by atoms with Crippen LogP contribution in [0.5, 0.6) is 5.88 Å². The van der Waals surface area contributed by atoms with E-state index in [1.807, 2.05) is 6.92 Å². The zero-order valence-corrected chi connectivity index (χ0v) is 5.58. The summed E-state index contributed by atoms with van der Waals surface area (Å²) in [6, 6.07) is 0. The zero-order chi connectivity index (χ0) is 6.15. The van der Waals surface area contributed by atoms with Crippen molar-refractivity contribution >= 4 is 11.3 Å². The van der Waals surface area contributed by atoms with E-state index in [1.54, 1.807) is 6.92 Å². The lowest BCUT2D eigenvalue weighted by Crippen LogP contribution is -1.90. The Morgan fingerprint density at radius 2 is 2.12 bits per heavy atom. The number of hydrogen-bond donors (Lipinski definition) is 0. The molecule has 0 aromatic carbocycles. The lowest BCUT2D eigenvalue weighted by molar-refractivity contribution is -0.275. The van der Waals surface area contributed by atoms with Crippen molar-refractivity contribution in [1.29, 1.82) is 0 Å². The highest BCUT2D eigenvalue weighted by atomic mass is 32.1. The van der Waals surface area contributed by atoms with Gasteiger partial charge in [-0.25, -0.2) is 0 Å². The minimum Gasteiger partial charge on any atom is -0.858 e. The van der Waals surface area contributed by atoms with Crippen LogP contribution in [0.15, 0.2) is 0 Å². The molecular formula is C5H6NOS-. The first-order chi connectivity index (χ1) is 3.70. The third-order valence-corrected chi connectivity index (χ3v) is 1.73.